The standard InChI is InChI=1S/C13H17ClN2O3S/c14-11-7-9(15)5-6-12(11)16-13(17)8-20(18,19)10-3-1-2-4-10/h5-7,10H,1-4,8,15H2,(H,16,17). The predicted octanol–water partition coefficient (Wildman–Crippen LogP) is 2.22. The van der Waals surface area contributed by atoms with Crippen LogP contribution in [-0.2, 0) is 14.6 Å². The zero-order chi connectivity index (χ0) is 14.8. The third kappa shape index (κ3) is 3.64. The van der Waals surface area contributed by atoms with Gasteiger partial charge in [0.1, 0.15) is 5.75 Å². The minimum Gasteiger partial charge on any atom is -0.399 e. The summed E-state index contributed by atoms with van der Waals surface area (Å²) in [5, 5.41) is 2.42. The van der Waals surface area contributed by atoms with Crippen LogP contribution in [0, 0.1) is 0 Å². The van der Waals surface area contributed by atoms with E-state index >= 15 is 0 Å². The van der Waals surface area contributed by atoms with Crippen LogP contribution in [0.1, 0.15) is 25.7 Å². The number of anilines is 2. The first-order valence-electron chi connectivity index (χ1n) is 6.45. The fourth-order valence-corrected chi connectivity index (χ4v) is 4.33. The number of amides is 1. The molecule has 110 valence electrons. The van der Waals surface area contributed by atoms with Gasteiger partial charge in [-0.15, -0.1) is 0 Å². The third-order valence-electron chi connectivity index (χ3n) is 3.41. The second-order valence-corrected chi connectivity index (χ2v) is 7.69. The van der Waals surface area contributed by atoms with Crippen molar-refractivity contribution in [2.24, 2.45) is 0 Å². The van der Waals surface area contributed by atoms with Crippen LogP contribution in [0.25, 0.3) is 0 Å². The fourth-order valence-electron chi connectivity index (χ4n) is 2.37. The Morgan fingerprint density at radius 1 is 1.35 bits per heavy atom. The number of nitrogens with two attached hydrogens (primary N) is 1. The number of nitrogen functional groups attached to an aromatic ring is 1. The van der Waals surface area contributed by atoms with E-state index in [-0.39, 0.29) is 10.3 Å². The van der Waals surface area contributed by atoms with Crippen molar-refractivity contribution in [2.45, 2.75) is 30.9 Å². The largest absolute Gasteiger partial charge is 0.399 e. The van der Waals surface area contributed by atoms with Gasteiger partial charge in [0.05, 0.1) is 16.0 Å². The molecule has 1 fully saturated rings. The topological polar surface area (TPSA) is 89.3 Å². The van der Waals surface area contributed by atoms with Crippen molar-refractivity contribution in [1.29, 1.82) is 0 Å². The first kappa shape index (κ1) is 15.1. The molecule has 0 atom stereocenters. The number of sulfone groups is 1. The Kier molecular flexibility index (Phi) is 4.55. The second kappa shape index (κ2) is 6.01. The lowest BCUT2D eigenvalue weighted by atomic mass is 10.3. The summed E-state index contributed by atoms with van der Waals surface area (Å²) in [6, 6.07) is 4.65. The Morgan fingerprint density at radius 3 is 2.60 bits per heavy atom. The Balaban J connectivity index is 2.01. The summed E-state index contributed by atoms with van der Waals surface area (Å²) in [6.45, 7) is 0. The van der Waals surface area contributed by atoms with Gasteiger partial charge in [0.25, 0.3) is 0 Å². The van der Waals surface area contributed by atoms with Gasteiger partial charge in [0.15, 0.2) is 9.84 Å². The van der Waals surface area contributed by atoms with Crippen LogP contribution >= 0.6 is 11.6 Å². The lowest BCUT2D eigenvalue weighted by molar-refractivity contribution is -0.113. The molecule has 0 unspecified atom stereocenters. The summed E-state index contributed by atoms with van der Waals surface area (Å²) in [7, 11) is -3.38. The Hall–Kier alpha value is -1.27. The molecule has 0 heterocycles. The van der Waals surface area contributed by atoms with Crippen LogP contribution in [0.15, 0.2) is 18.2 Å². The van der Waals surface area contributed by atoms with E-state index in [1.54, 1.807) is 12.1 Å². The van der Waals surface area contributed by atoms with Crippen molar-refractivity contribution in [3.63, 3.8) is 0 Å². The molecule has 0 saturated heterocycles. The van der Waals surface area contributed by atoms with E-state index in [1.165, 1.54) is 6.07 Å². The van der Waals surface area contributed by atoms with E-state index in [9.17, 15) is 13.2 Å². The molecule has 1 aromatic rings. The number of carbonyl (C=O) groups is 1. The minimum atomic E-state index is -3.38. The molecular weight excluding hydrogens is 300 g/mol. The van der Waals surface area contributed by atoms with Gasteiger partial charge in [-0.25, -0.2) is 8.42 Å². The van der Waals surface area contributed by atoms with Gasteiger partial charge in [-0.2, -0.15) is 0 Å². The molecule has 1 aliphatic rings. The molecule has 1 aliphatic carbocycles. The van der Waals surface area contributed by atoms with Crippen molar-refractivity contribution >= 4 is 38.7 Å². The van der Waals surface area contributed by atoms with Crippen molar-refractivity contribution in [2.75, 3.05) is 16.8 Å². The highest BCUT2D eigenvalue weighted by Crippen LogP contribution is 2.26. The molecule has 1 aromatic carbocycles. The van der Waals surface area contributed by atoms with Crippen LogP contribution in [-0.4, -0.2) is 25.3 Å². The molecule has 7 heteroatoms. The quantitative estimate of drug-likeness (QED) is 0.833. The molecule has 0 aliphatic heterocycles. The summed E-state index contributed by atoms with van der Waals surface area (Å²) in [5.41, 5.74) is 6.40. The highest BCUT2D eigenvalue weighted by Gasteiger charge is 2.30. The van der Waals surface area contributed by atoms with E-state index in [2.05, 4.69) is 5.32 Å². The number of carbonyl (C=O) groups excluding carboxylic acids is 1. The summed E-state index contributed by atoms with van der Waals surface area (Å²) in [4.78, 5) is 11.8. The number of hydrogen-bond donors (Lipinski definition) is 2. The summed E-state index contributed by atoms with van der Waals surface area (Å²) in [6.07, 6.45) is 3.13. The Labute approximate surface area is 123 Å². The van der Waals surface area contributed by atoms with E-state index in [1.807, 2.05) is 0 Å². The van der Waals surface area contributed by atoms with Gasteiger partial charge in [-0.3, -0.25) is 4.79 Å². The molecular formula is C13H17ClN2O3S. The average molecular weight is 317 g/mol. The normalized spacial score (nSPS) is 16.2. The summed E-state index contributed by atoms with van der Waals surface area (Å²) < 4.78 is 24.1. The number of nitrogens with one attached hydrogen (secondary N) is 1. The zero-order valence-corrected chi connectivity index (χ0v) is 12.5. The van der Waals surface area contributed by atoms with Crippen molar-refractivity contribution in [3.8, 4) is 0 Å². The van der Waals surface area contributed by atoms with Gasteiger partial charge in [-0.05, 0) is 31.0 Å². The second-order valence-electron chi connectivity index (χ2n) is 5.00. The van der Waals surface area contributed by atoms with Gasteiger partial charge in [0, 0.05) is 5.69 Å². The van der Waals surface area contributed by atoms with Gasteiger partial charge in [0.2, 0.25) is 5.91 Å². The van der Waals surface area contributed by atoms with Gasteiger partial charge < -0.3 is 11.1 Å². The van der Waals surface area contributed by atoms with E-state index in [0.29, 0.717) is 24.2 Å². The minimum absolute atomic E-state index is 0.289. The van der Waals surface area contributed by atoms with Crippen molar-refractivity contribution < 1.29 is 13.2 Å². The van der Waals surface area contributed by atoms with E-state index in [4.69, 9.17) is 17.3 Å². The molecule has 2 rings (SSSR count). The lowest BCUT2D eigenvalue weighted by Gasteiger charge is -2.12. The maximum absolute atomic E-state index is 12.1. The van der Waals surface area contributed by atoms with Gasteiger partial charge >= 0.3 is 0 Å². The number of benzene rings is 1. The summed E-state index contributed by atoms with van der Waals surface area (Å²) >= 11 is 5.93. The first-order chi connectivity index (χ1) is 9.38. The molecule has 20 heavy (non-hydrogen) atoms. The summed E-state index contributed by atoms with van der Waals surface area (Å²) in [5.74, 6) is -1.07. The monoisotopic (exact) mass is 316 g/mol. The first-order valence-corrected chi connectivity index (χ1v) is 8.54. The number of halogens is 1. The molecule has 0 bridgehead atoms. The Morgan fingerprint density at radius 2 is 2.00 bits per heavy atom. The number of rotatable bonds is 4. The van der Waals surface area contributed by atoms with Crippen LogP contribution in [0.4, 0.5) is 11.4 Å². The Bertz CT molecular complexity index is 610. The average Bonchev–Trinajstić information content (AvgIpc) is 2.86. The zero-order valence-electron chi connectivity index (χ0n) is 10.9. The maximum atomic E-state index is 12.1. The molecule has 1 amide bonds. The van der Waals surface area contributed by atoms with Crippen molar-refractivity contribution in [1.82, 2.24) is 0 Å². The smallest absolute Gasteiger partial charge is 0.239 e. The SMILES string of the molecule is Nc1ccc(NC(=O)CS(=O)(=O)C2CCCC2)c(Cl)c1. The van der Waals surface area contributed by atoms with Crippen LogP contribution in [0.3, 0.4) is 0 Å². The number of hydrogen-bond acceptors (Lipinski definition) is 4. The molecule has 1 saturated carbocycles. The maximum Gasteiger partial charge on any atom is 0.239 e. The molecule has 0 radical (unpaired) electrons. The molecule has 0 aromatic heterocycles. The van der Waals surface area contributed by atoms with Crippen LogP contribution in [0.5, 0.6) is 0 Å². The lowest BCUT2D eigenvalue weighted by Crippen LogP contribution is -2.29. The van der Waals surface area contributed by atoms with Crippen LogP contribution in [0.2, 0.25) is 5.02 Å². The van der Waals surface area contributed by atoms with Crippen LogP contribution < -0.4 is 11.1 Å². The molecule has 5 nitrogen and oxygen atoms in total. The highest BCUT2D eigenvalue weighted by molar-refractivity contribution is 7.92. The van der Waals surface area contributed by atoms with Crippen molar-refractivity contribution in [3.05, 3.63) is 23.2 Å². The molecule has 3 N–H and O–H groups in total. The van der Waals surface area contributed by atoms with E-state index in [0.717, 1.165) is 12.8 Å². The molecule has 0 spiro atoms. The predicted molar refractivity (Wildman–Crippen MR) is 80.5 cm³/mol. The van der Waals surface area contributed by atoms with E-state index < -0.39 is 21.5 Å². The fraction of sp³-hybridized carbons (Fsp3) is 0.462. The van der Waals surface area contributed by atoms with Gasteiger partial charge in [-0.1, -0.05) is 24.4 Å². The third-order valence-corrected chi connectivity index (χ3v) is 5.87. The highest BCUT2D eigenvalue weighted by atomic mass is 35.5.